The minimum Gasteiger partial charge on any atom is -0.352 e. The maximum Gasteiger partial charge on any atom is 0.133 e. The third-order valence-corrected chi connectivity index (χ3v) is 2.93. The monoisotopic (exact) mass is 231 g/mol. The summed E-state index contributed by atoms with van der Waals surface area (Å²) in [4.78, 5) is 6.88. The zero-order valence-electron chi connectivity index (χ0n) is 10.7. The Morgan fingerprint density at radius 1 is 1.41 bits per heavy atom. The van der Waals surface area contributed by atoms with E-state index < -0.39 is 0 Å². The van der Waals surface area contributed by atoms with Crippen molar-refractivity contribution in [3.63, 3.8) is 0 Å². The summed E-state index contributed by atoms with van der Waals surface area (Å²) in [5.41, 5.74) is 1.29. The van der Waals surface area contributed by atoms with Gasteiger partial charge in [-0.1, -0.05) is 32.1 Å². The summed E-state index contributed by atoms with van der Waals surface area (Å²) < 4.78 is 0. The molecular formula is C14H21N3. The molecule has 0 bridgehead atoms. The van der Waals surface area contributed by atoms with Crippen LogP contribution in [0.2, 0.25) is 0 Å². The van der Waals surface area contributed by atoms with Gasteiger partial charge in [-0.3, -0.25) is 0 Å². The number of nitrogens with zero attached hydrogens (tertiary/aromatic N) is 2. The number of aromatic nitrogens is 1. The van der Waals surface area contributed by atoms with E-state index in [9.17, 15) is 0 Å². The fraction of sp³-hybridized carbons (Fsp3) is 0.500. The van der Waals surface area contributed by atoms with Gasteiger partial charge < -0.3 is 10.2 Å². The van der Waals surface area contributed by atoms with Crippen molar-refractivity contribution in [3.8, 4) is 0 Å². The van der Waals surface area contributed by atoms with Crippen molar-refractivity contribution >= 4 is 5.82 Å². The Morgan fingerprint density at radius 2 is 2.29 bits per heavy atom. The second kappa shape index (κ2) is 5.82. The minimum atomic E-state index is 0.504. The molecule has 17 heavy (non-hydrogen) atoms. The summed E-state index contributed by atoms with van der Waals surface area (Å²) >= 11 is 0. The molecule has 2 rings (SSSR count). The Kier molecular flexibility index (Phi) is 4.15. The van der Waals surface area contributed by atoms with Crippen molar-refractivity contribution in [2.24, 2.45) is 0 Å². The quantitative estimate of drug-likeness (QED) is 0.806. The first-order valence-electron chi connectivity index (χ1n) is 6.34. The van der Waals surface area contributed by atoms with Crippen LogP contribution in [0.4, 0.5) is 5.82 Å². The molecule has 1 aliphatic rings. The second-order valence-corrected chi connectivity index (χ2v) is 4.73. The molecule has 1 N–H and O–H groups in total. The molecule has 1 aromatic heterocycles. The van der Waals surface area contributed by atoms with Gasteiger partial charge in [0, 0.05) is 37.4 Å². The predicted molar refractivity (Wildman–Crippen MR) is 72.2 cm³/mol. The first-order valence-corrected chi connectivity index (χ1v) is 6.34. The normalized spacial score (nSPS) is 15.6. The number of nitrogens with one attached hydrogen (secondary N) is 1. The Labute approximate surface area is 104 Å². The molecular weight excluding hydrogens is 210 g/mol. The molecule has 0 saturated carbocycles. The van der Waals surface area contributed by atoms with Crippen LogP contribution < -0.4 is 10.2 Å². The average Bonchev–Trinajstić information content (AvgIpc) is 2.38. The Hall–Kier alpha value is -1.35. The van der Waals surface area contributed by atoms with Crippen molar-refractivity contribution in [3.05, 3.63) is 36.0 Å². The van der Waals surface area contributed by atoms with E-state index in [-0.39, 0.29) is 0 Å². The summed E-state index contributed by atoms with van der Waals surface area (Å²) in [6, 6.07) is 4.68. The Bertz CT molecular complexity index is 385. The van der Waals surface area contributed by atoms with Gasteiger partial charge >= 0.3 is 0 Å². The molecule has 0 atom stereocenters. The predicted octanol–water partition coefficient (Wildman–Crippen LogP) is 2.35. The highest BCUT2D eigenvalue weighted by molar-refractivity contribution is 5.48. The number of hydrogen-bond donors (Lipinski definition) is 1. The molecule has 1 aliphatic heterocycles. The van der Waals surface area contributed by atoms with Gasteiger partial charge in [-0.2, -0.15) is 0 Å². The average molecular weight is 231 g/mol. The number of rotatable bonds is 4. The smallest absolute Gasteiger partial charge is 0.133 e. The van der Waals surface area contributed by atoms with Gasteiger partial charge in [-0.15, -0.1) is 0 Å². The first-order chi connectivity index (χ1) is 8.27. The molecule has 92 valence electrons. The molecule has 0 aliphatic carbocycles. The van der Waals surface area contributed by atoms with Crippen LogP contribution in [0.25, 0.3) is 0 Å². The SMILES string of the molecule is CC(C)NCc1cccnc1N1CC=CCC1. The lowest BCUT2D eigenvalue weighted by atomic mass is 10.2. The van der Waals surface area contributed by atoms with Crippen molar-refractivity contribution in [1.82, 2.24) is 10.3 Å². The van der Waals surface area contributed by atoms with Crippen LogP contribution >= 0.6 is 0 Å². The van der Waals surface area contributed by atoms with Gasteiger partial charge in [0.15, 0.2) is 0 Å². The minimum absolute atomic E-state index is 0.504. The van der Waals surface area contributed by atoms with E-state index in [2.05, 4.69) is 47.3 Å². The lowest BCUT2D eigenvalue weighted by Crippen LogP contribution is -2.30. The molecule has 0 aromatic carbocycles. The summed E-state index contributed by atoms with van der Waals surface area (Å²) in [6.07, 6.45) is 7.46. The van der Waals surface area contributed by atoms with Crippen molar-refractivity contribution < 1.29 is 0 Å². The fourth-order valence-corrected chi connectivity index (χ4v) is 2.00. The summed E-state index contributed by atoms with van der Waals surface area (Å²) in [5.74, 6) is 1.13. The second-order valence-electron chi connectivity index (χ2n) is 4.73. The standard InChI is InChI=1S/C14H21N3/c1-12(2)16-11-13-7-6-8-15-14(13)17-9-4-3-5-10-17/h3-4,6-8,12,16H,5,9-11H2,1-2H3. The van der Waals surface area contributed by atoms with Gasteiger partial charge in [0.05, 0.1) is 0 Å². The van der Waals surface area contributed by atoms with Gasteiger partial charge in [0.25, 0.3) is 0 Å². The van der Waals surface area contributed by atoms with Crippen LogP contribution in [0.5, 0.6) is 0 Å². The molecule has 0 unspecified atom stereocenters. The van der Waals surface area contributed by atoms with Crippen LogP contribution in [-0.4, -0.2) is 24.1 Å². The molecule has 0 fully saturated rings. The Balaban J connectivity index is 2.12. The van der Waals surface area contributed by atoms with E-state index in [1.165, 1.54) is 5.56 Å². The van der Waals surface area contributed by atoms with E-state index in [1.807, 2.05) is 12.3 Å². The highest BCUT2D eigenvalue weighted by Crippen LogP contribution is 2.19. The van der Waals surface area contributed by atoms with Crippen LogP contribution in [0.1, 0.15) is 25.8 Å². The number of pyridine rings is 1. The molecule has 0 saturated heterocycles. The molecule has 3 nitrogen and oxygen atoms in total. The van der Waals surface area contributed by atoms with Gasteiger partial charge in [-0.25, -0.2) is 4.98 Å². The highest BCUT2D eigenvalue weighted by Gasteiger charge is 2.12. The van der Waals surface area contributed by atoms with Gasteiger partial charge in [-0.05, 0) is 12.5 Å². The van der Waals surface area contributed by atoms with Crippen LogP contribution in [0, 0.1) is 0 Å². The zero-order valence-corrected chi connectivity index (χ0v) is 10.7. The molecule has 0 spiro atoms. The largest absolute Gasteiger partial charge is 0.352 e. The third kappa shape index (κ3) is 3.30. The maximum atomic E-state index is 4.53. The van der Waals surface area contributed by atoms with Crippen LogP contribution in [-0.2, 0) is 6.54 Å². The molecule has 2 heterocycles. The van der Waals surface area contributed by atoms with E-state index in [0.717, 1.165) is 31.9 Å². The molecule has 0 radical (unpaired) electrons. The molecule has 3 heteroatoms. The highest BCUT2D eigenvalue weighted by atomic mass is 15.2. The molecule has 1 aromatic rings. The fourth-order valence-electron chi connectivity index (χ4n) is 2.00. The van der Waals surface area contributed by atoms with Gasteiger partial charge in [0.1, 0.15) is 5.82 Å². The first kappa shape index (κ1) is 12.1. The summed E-state index contributed by atoms with van der Waals surface area (Å²) in [6.45, 7) is 7.27. The van der Waals surface area contributed by atoms with E-state index in [1.54, 1.807) is 0 Å². The number of hydrogen-bond acceptors (Lipinski definition) is 3. The molecule has 0 amide bonds. The van der Waals surface area contributed by atoms with Gasteiger partial charge in [0.2, 0.25) is 0 Å². The van der Waals surface area contributed by atoms with Crippen molar-refractivity contribution in [2.45, 2.75) is 32.9 Å². The Morgan fingerprint density at radius 3 is 3.00 bits per heavy atom. The maximum absolute atomic E-state index is 4.53. The van der Waals surface area contributed by atoms with E-state index in [4.69, 9.17) is 0 Å². The zero-order chi connectivity index (χ0) is 12.1. The lowest BCUT2D eigenvalue weighted by Gasteiger charge is -2.26. The topological polar surface area (TPSA) is 28.2 Å². The third-order valence-electron chi connectivity index (χ3n) is 2.93. The van der Waals surface area contributed by atoms with Crippen molar-refractivity contribution in [1.29, 1.82) is 0 Å². The van der Waals surface area contributed by atoms with E-state index >= 15 is 0 Å². The summed E-state index contributed by atoms with van der Waals surface area (Å²) in [5, 5.41) is 3.46. The van der Waals surface area contributed by atoms with Crippen molar-refractivity contribution in [2.75, 3.05) is 18.0 Å². The van der Waals surface area contributed by atoms with Crippen LogP contribution in [0.3, 0.4) is 0 Å². The summed E-state index contributed by atoms with van der Waals surface area (Å²) in [7, 11) is 0. The van der Waals surface area contributed by atoms with E-state index in [0.29, 0.717) is 6.04 Å². The van der Waals surface area contributed by atoms with Crippen LogP contribution in [0.15, 0.2) is 30.5 Å². The number of anilines is 1. The lowest BCUT2D eigenvalue weighted by molar-refractivity contribution is 0.586.